The minimum absolute atomic E-state index is 0.0584. The number of anilines is 1. The van der Waals surface area contributed by atoms with Crippen molar-refractivity contribution in [3.05, 3.63) is 36.9 Å². The molecule has 8 nitrogen and oxygen atoms in total. The highest BCUT2D eigenvalue weighted by atomic mass is 16.5. The molecule has 8 heteroatoms. The number of ether oxygens (including phenoxy) is 2. The number of rotatable bonds is 7. The summed E-state index contributed by atoms with van der Waals surface area (Å²) in [7, 11) is 3.11. The maximum Gasteiger partial charge on any atom is 0.227 e. The first-order valence-electron chi connectivity index (χ1n) is 8.80. The predicted molar refractivity (Wildman–Crippen MR) is 99.8 cm³/mol. The van der Waals surface area contributed by atoms with Gasteiger partial charge in [0.2, 0.25) is 11.8 Å². The van der Waals surface area contributed by atoms with Gasteiger partial charge < -0.3 is 24.3 Å². The summed E-state index contributed by atoms with van der Waals surface area (Å²) in [6.07, 6.45) is 5.45. The minimum Gasteiger partial charge on any atom is -0.493 e. The van der Waals surface area contributed by atoms with Gasteiger partial charge in [-0.2, -0.15) is 0 Å². The van der Waals surface area contributed by atoms with Gasteiger partial charge in [0.15, 0.2) is 11.5 Å². The number of benzene rings is 1. The van der Waals surface area contributed by atoms with Crippen LogP contribution in [0.5, 0.6) is 11.5 Å². The first-order chi connectivity index (χ1) is 13.0. The zero-order valence-corrected chi connectivity index (χ0v) is 15.7. The van der Waals surface area contributed by atoms with Crippen molar-refractivity contribution in [2.45, 2.75) is 25.9 Å². The van der Waals surface area contributed by atoms with Crippen molar-refractivity contribution in [2.75, 3.05) is 25.7 Å². The van der Waals surface area contributed by atoms with Gasteiger partial charge in [-0.15, -0.1) is 0 Å². The van der Waals surface area contributed by atoms with Crippen molar-refractivity contribution in [2.24, 2.45) is 5.92 Å². The number of nitrogens with zero attached hydrogens (tertiary/aromatic N) is 3. The predicted octanol–water partition coefficient (Wildman–Crippen LogP) is 1.46. The summed E-state index contributed by atoms with van der Waals surface area (Å²) in [6.45, 7) is 2.91. The summed E-state index contributed by atoms with van der Waals surface area (Å²) in [4.78, 5) is 30.6. The lowest BCUT2D eigenvalue weighted by Gasteiger charge is -2.20. The number of hydrogen-bond acceptors (Lipinski definition) is 5. The molecule has 27 heavy (non-hydrogen) atoms. The van der Waals surface area contributed by atoms with E-state index < -0.39 is 0 Å². The van der Waals surface area contributed by atoms with Crippen LogP contribution in [-0.4, -0.2) is 48.2 Å². The molecular weight excluding hydrogens is 348 g/mol. The van der Waals surface area contributed by atoms with Crippen LogP contribution in [0.2, 0.25) is 0 Å². The van der Waals surface area contributed by atoms with Crippen LogP contribution in [0, 0.1) is 5.92 Å². The molecule has 0 bridgehead atoms. The SMILES string of the molecule is COc1ccc(N2CC(C(=O)NC(C)Cn3ccnc3)CC2=O)cc1OC. The highest BCUT2D eigenvalue weighted by Gasteiger charge is 2.35. The number of carbonyl (C=O) groups is 2. The van der Waals surface area contributed by atoms with Crippen LogP contribution in [0.25, 0.3) is 0 Å². The molecule has 2 atom stereocenters. The quantitative estimate of drug-likeness (QED) is 0.795. The Morgan fingerprint density at radius 1 is 1.33 bits per heavy atom. The standard InChI is InChI=1S/C19H24N4O4/c1-13(10-22-7-6-20-12-22)21-19(25)14-8-18(24)23(11-14)15-4-5-16(26-2)17(9-15)27-3/h4-7,9,12-14H,8,10-11H2,1-3H3,(H,21,25). The molecule has 1 N–H and O–H groups in total. The van der Waals surface area contributed by atoms with E-state index in [2.05, 4.69) is 10.3 Å². The number of carbonyl (C=O) groups excluding carboxylic acids is 2. The van der Waals surface area contributed by atoms with E-state index in [0.717, 1.165) is 0 Å². The molecule has 1 aliphatic rings. The van der Waals surface area contributed by atoms with Gasteiger partial charge in [-0.05, 0) is 19.1 Å². The van der Waals surface area contributed by atoms with E-state index in [9.17, 15) is 9.59 Å². The summed E-state index contributed by atoms with van der Waals surface area (Å²) in [5.74, 6) is 0.569. The number of amides is 2. The summed E-state index contributed by atoms with van der Waals surface area (Å²) < 4.78 is 12.4. The second-order valence-electron chi connectivity index (χ2n) is 6.61. The van der Waals surface area contributed by atoms with Crippen molar-refractivity contribution in [1.82, 2.24) is 14.9 Å². The van der Waals surface area contributed by atoms with Gasteiger partial charge >= 0.3 is 0 Å². The van der Waals surface area contributed by atoms with E-state index in [1.54, 1.807) is 49.8 Å². The smallest absolute Gasteiger partial charge is 0.227 e. The second-order valence-corrected chi connectivity index (χ2v) is 6.61. The molecule has 0 saturated carbocycles. The Labute approximate surface area is 158 Å². The maximum atomic E-state index is 12.6. The van der Waals surface area contributed by atoms with Crippen molar-refractivity contribution < 1.29 is 19.1 Å². The zero-order valence-electron chi connectivity index (χ0n) is 15.7. The van der Waals surface area contributed by atoms with Crippen molar-refractivity contribution in [1.29, 1.82) is 0 Å². The highest BCUT2D eigenvalue weighted by Crippen LogP contribution is 2.34. The topological polar surface area (TPSA) is 85.7 Å². The average Bonchev–Trinajstić information content (AvgIpc) is 3.30. The molecule has 1 aromatic carbocycles. The first kappa shape index (κ1) is 18.8. The Morgan fingerprint density at radius 3 is 2.78 bits per heavy atom. The van der Waals surface area contributed by atoms with Gasteiger partial charge in [-0.25, -0.2) is 4.98 Å². The molecule has 1 fully saturated rings. The number of aromatic nitrogens is 2. The fourth-order valence-corrected chi connectivity index (χ4v) is 3.24. The first-order valence-corrected chi connectivity index (χ1v) is 8.80. The molecule has 0 spiro atoms. The van der Waals surface area contributed by atoms with Crippen LogP contribution in [0.15, 0.2) is 36.9 Å². The van der Waals surface area contributed by atoms with Gasteiger partial charge in [0.25, 0.3) is 0 Å². The Hall–Kier alpha value is -3.03. The molecule has 2 amide bonds. The van der Waals surface area contributed by atoms with Gasteiger partial charge in [-0.1, -0.05) is 0 Å². The maximum absolute atomic E-state index is 12.6. The molecule has 0 radical (unpaired) electrons. The fourth-order valence-electron chi connectivity index (χ4n) is 3.24. The summed E-state index contributed by atoms with van der Waals surface area (Å²) >= 11 is 0. The van der Waals surface area contributed by atoms with E-state index >= 15 is 0 Å². The second kappa shape index (κ2) is 8.11. The Balaban J connectivity index is 1.63. The highest BCUT2D eigenvalue weighted by molar-refractivity contribution is 6.00. The van der Waals surface area contributed by atoms with Crippen LogP contribution in [-0.2, 0) is 16.1 Å². The third-order valence-corrected chi connectivity index (χ3v) is 4.61. The van der Waals surface area contributed by atoms with Gasteiger partial charge in [0, 0.05) is 49.7 Å². The lowest BCUT2D eigenvalue weighted by atomic mass is 10.1. The largest absolute Gasteiger partial charge is 0.493 e. The van der Waals surface area contributed by atoms with E-state index in [4.69, 9.17) is 9.47 Å². The third kappa shape index (κ3) is 4.21. The number of imidazole rings is 1. The molecule has 3 rings (SSSR count). The molecule has 1 aliphatic heterocycles. The normalized spacial score (nSPS) is 17.7. The summed E-state index contributed by atoms with van der Waals surface area (Å²) in [5.41, 5.74) is 0.694. The van der Waals surface area contributed by atoms with Gasteiger partial charge in [-0.3, -0.25) is 9.59 Å². The molecule has 2 unspecified atom stereocenters. The number of nitrogens with one attached hydrogen (secondary N) is 1. The summed E-state index contributed by atoms with van der Waals surface area (Å²) in [5, 5.41) is 2.98. The number of hydrogen-bond donors (Lipinski definition) is 1. The van der Waals surface area contributed by atoms with E-state index in [1.807, 2.05) is 17.7 Å². The Kier molecular flexibility index (Phi) is 5.63. The van der Waals surface area contributed by atoms with Crippen LogP contribution in [0.4, 0.5) is 5.69 Å². The van der Waals surface area contributed by atoms with Gasteiger partial charge in [0.1, 0.15) is 0 Å². The lowest BCUT2D eigenvalue weighted by Crippen LogP contribution is -2.40. The fraction of sp³-hybridized carbons (Fsp3) is 0.421. The van der Waals surface area contributed by atoms with Crippen LogP contribution < -0.4 is 19.7 Å². The summed E-state index contributed by atoms with van der Waals surface area (Å²) in [6, 6.07) is 5.24. The van der Waals surface area contributed by atoms with Gasteiger partial charge in [0.05, 0.1) is 26.5 Å². The zero-order chi connectivity index (χ0) is 19.4. The monoisotopic (exact) mass is 372 g/mol. The van der Waals surface area contributed by atoms with Crippen molar-refractivity contribution in [3.63, 3.8) is 0 Å². The number of methoxy groups -OCH3 is 2. The molecule has 2 heterocycles. The Morgan fingerprint density at radius 2 is 2.11 bits per heavy atom. The van der Waals surface area contributed by atoms with E-state index in [0.29, 0.717) is 30.3 Å². The average molecular weight is 372 g/mol. The Bertz CT molecular complexity index is 806. The molecule has 144 valence electrons. The molecule has 0 aliphatic carbocycles. The molecule has 1 saturated heterocycles. The molecule has 2 aromatic rings. The third-order valence-electron chi connectivity index (χ3n) is 4.61. The van der Waals surface area contributed by atoms with Crippen LogP contribution >= 0.6 is 0 Å². The van der Waals surface area contributed by atoms with Crippen molar-refractivity contribution in [3.8, 4) is 11.5 Å². The molecular formula is C19H24N4O4. The lowest BCUT2D eigenvalue weighted by molar-refractivity contribution is -0.126. The van der Waals surface area contributed by atoms with E-state index in [-0.39, 0.29) is 30.2 Å². The van der Waals surface area contributed by atoms with Crippen LogP contribution in [0.3, 0.4) is 0 Å². The van der Waals surface area contributed by atoms with Crippen LogP contribution in [0.1, 0.15) is 13.3 Å². The minimum atomic E-state index is -0.379. The van der Waals surface area contributed by atoms with E-state index in [1.165, 1.54) is 0 Å². The van der Waals surface area contributed by atoms with Crippen molar-refractivity contribution >= 4 is 17.5 Å². The molecule has 1 aromatic heterocycles.